The summed E-state index contributed by atoms with van der Waals surface area (Å²) in [5.41, 5.74) is 1.89. The summed E-state index contributed by atoms with van der Waals surface area (Å²) < 4.78 is 23.6. The first-order chi connectivity index (χ1) is 10.1. The van der Waals surface area contributed by atoms with Gasteiger partial charge in [-0.1, -0.05) is 12.1 Å². The lowest BCUT2D eigenvalue weighted by Crippen LogP contribution is -2.04. The largest absolute Gasteiger partial charge is 0.489 e. The molecule has 0 spiro atoms. The first kappa shape index (κ1) is 13.4. The van der Waals surface area contributed by atoms with E-state index in [1.54, 1.807) is 12.1 Å². The Hall–Kier alpha value is -2.62. The molecule has 0 amide bonds. The second-order valence-electron chi connectivity index (χ2n) is 4.83. The molecular weight excluding hydrogens is 271 g/mol. The maximum absolute atomic E-state index is 12.8. The van der Waals surface area contributed by atoms with Crippen molar-refractivity contribution >= 4 is 11.0 Å². The van der Waals surface area contributed by atoms with E-state index in [1.807, 2.05) is 25.1 Å². The van der Waals surface area contributed by atoms with Crippen LogP contribution in [0, 0.1) is 12.7 Å². The van der Waals surface area contributed by atoms with Gasteiger partial charge in [0.05, 0.1) is 0 Å². The second-order valence-corrected chi connectivity index (χ2v) is 4.83. The van der Waals surface area contributed by atoms with E-state index in [2.05, 4.69) is 0 Å². The van der Waals surface area contributed by atoms with Gasteiger partial charge in [-0.25, -0.2) is 9.18 Å². The molecule has 106 valence electrons. The smallest absolute Gasteiger partial charge is 0.336 e. The average Bonchev–Trinajstić information content (AvgIpc) is 2.45. The number of fused-ring (bicyclic) bond motifs is 1. The van der Waals surface area contributed by atoms with E-state index in [0.717, 1.165) is 16.5 Å². The van der Waals surface area contributed by atoms with Crippen molar-refractivity contribution in [1.82, 2.24) is 0 Å². The molecule has 4 heteroatoms. The molecule has 0 unspecified atom stereocenters. The van der Waals surface area contributed by atoms with Crippen molar-refractivity contribution in [2.24, 2.45) is 0 Å². The molecule has 0 radical (unpaired) electrons. The van der Waals surface area contributed by atoms with Gasteiger partial charge in [-0.15, -0.1) is 0 Å². The average molecular weight is 284 g/mol. The molecule has 0 bridgehead atoms. The predicted molar refractivity (Wildman–Crippen MR) is 78.0 cm³/mol. The normalized spacial score (nSPS) is 10.8. The molecule has 0 aliphatic carbocycles. The quantitative estimate of drug-likeness (QED) is 0.686. The zero-order valence-electron chi connectivity index (χ0n) is 11.4. The lowest BCUT2D eigenvalue weighted by molar-refractivity contribution is 0.306. The van der Waals surface area contributed by atoms with Crippen molar-refractivity contribution in [2.75, 3.05) is 0 Å². The predicted octanol–water partition coefficient (Wildman–Crippen LogP) is 3.82. The van der Waals surface area contributed by atoms with Gasteiger partial charge in [0.1, 0.15) is 23.8 Å². The van der Waals surface area contributed by atoms with Crippen LogP contribution >= 0.6 is 0 Å². The SMILES string of the molecule is Cc1ccc2c(COc3ccc(F)cc3)cc(=O)oc2c1. The molecule has 0 saturated heterocycles. The van der Waals surface area contributed by atoms with E-state index >= 15 is 0 Å². The van der Waals surface area contributed by atoms with Crippen LogP contribution in [0.3, 0.4) is 0 Å². The van der Waals surface area contributed by atoms with Gasteiger partial charge in [0.2, 0.25) is 0 Å². The Morgan fingerprint density at radius 1 is 1.10 bits per heavy atom. The number of hydrogen-bond acceptors (Lipinski definition) is 3. The Balaban J connectivity index is 1.93. The third-order valence-electron chi connectivity index (χ3n) is 3.19. The third kappa shape index (κ3) is 2.94. The first-order valence-electron chi connectivity index (χ1n) is 6.53. The minimum absolute atomic E-state index is 0.219. The minimum Gasteiger partial charge on any atom is -0.489 e. The standard InChI is InChI=1S/C17H13FO3/c1-11-2-7-15-12(9-17(19)21-16(15)8-11)10-20-14-5-3-13(18)4-6-14/h2-9H,10H2,1H3. The van der Waals surface area contributed by atoms with Crippen LogP contribution in [0.25, 0.3) is 11.0 Å². The first-order valence-corrected chi connectivity index (χ1v) is 6.53. The van der Waals surface area contributed by atoms with Gasteiger partial charge in [-0.3, -0.25) is 0 Å². The maximum atomic E-state index is 12.8. The van der Waals surface area contributed by atoms with Gasteiger partial charge in [0.25, 0.3) is 0 Å². The van der Waals surface area contributed by atoms with Crippen molar-refractivity contribution in [1.29, 1.82) is 0 Å². The Bertz CT molecular complexity index is 835. The Morgan fingerprint density at radius 2 is 1.86 bits per heavy atom. The van der Waals surface area contributed by atoms with E-state index in [4.69, 9.17) is 9.15 Å². The molecule has 1 aromatic heterocycles. The van der Waals surface area contributed by atoms with Crippen molar-refractivity contribution in [3.8, 4) is 5.75 Å². The van der Waals surface area contributed by atoms with Crippen LogP contribution in [-0.4, -0.2) is 0 Å². The number of halogens is 1. The summed E-state index contributed by atoms with van der Waals surface area (Å²) in [6, 6.07) is 12.8. The molecule has 0 atom stereocenters. The van der Waals surface area contributed by atoms with E-state index in [-0.39, 0.29) is 12.4 Å². The molecule has 0 aliphatic heterocycles. The highest BCUT2D eigenvalue weighted by Gasteiger charge is 2.07. The lowest BCUT2D eigenvalue weighted by Gasteiger charge is -2.08. The van der Waals surface area contributed by atoms with Crippen molar-refractivity contribution < 1.29 is 13.5 Å². The lowest BCUT2D eigenvalue weighted by atomic mass is 10.1. The van der Waals surface area contributed by atoms with Crippen molar-refractivity contribution in [2.45, 2.75) is 13.5 Å². The van der Waals surface area contributed by atoms with Gasteiger partial charge in [0, 0.05) is 17.0 Å². The summed E-state index contributed by atoms with van der Waals surface area (Å²) in [4.78, 5) is 11.6. The Morgan fingerprint density at radius 3 is 2.62 bits per heavy atom. The summed E-state index contributed by atoms with van der Waals surface area (Å²) in [6.07, 6.45) is 0. The van der Waals surface area contributed by atoms with Crippen LogP contribution in [-0.2, 0) is 6.61 Å². The van der Waals surface area contributed by atoms with E-state index in [9.17, 15) is 9.18 Å². The number of ether oxygens (including phenoxy) is 1. The molecule has 3 rings (SSSR count). The highest BCUT2D eigenvalue weighted by atomic mass is 19.1. The van der Waals surface area contributed by atoms with E-state index < -0.39 is 5.63 Å². The van der Waals surface area contributed by atoms with Crippen LogP contribution < -0.4 is 10.4 Å². The van der Waals surface area contributed by atoms with Gasteiger partial charge in [-0.05, 0) is 42.8 Å². The van der Waals surface area contributed by atoms with E-state index in [0.29, 0.717) is 11.3 Å². The van der Waals surface area contributed by atoms with Crippen LogP contribution in [0.2, 0.25) is 0 Å². The summed E-state index contributed by atoms with van der Waals surface area (Å²) in [5, 5.41) is 0.835. The molecule has 1 heterocycles. The monoisotopic (exact) mass is 284 g/mol. The summed E-state index contributed by atoms with van der Waals surface area (Å²) in [6.45, 7) is 2.15. The molecule has 0 N–H and O–H groups in total. The zero-order valence-corrected chi connectivity index (χ0v) is 11.4. The van der Waals surface area contributed by atoms with Gasteiger partial charge in [-0.2, -0.15) is 0 Å². The van der Waals surface area contributed by atoms with Gasteiger partial charge >= 0.3 is 5.63 Å². The van der Waals surface area contributed by atoms with Crippen LogP contribution in [0.15, 0.2) is 57.7 Å². The molecule has 3 aromatic rings. The number of hydrogen-bond donors (Lipinski definition) is 0. The minimum atomic E-state index is -0.411. The number of benzene rings is 2. The fraction of sp³-hybridized carbons (Fsp3) is 0.118. The summed E-state index contributed by atoms with van der Waals surface area (Å²) >= 11 is 0. The fourth-order valence-electron chi connectivity index (χ4n) is 2.15. The van der Waals surface area contributed by atoms with Crippen molar-refractivity contribution in [3.05, 3.63) is 75.9 Å². The van der Waals surface area contributed by atoms with E-state index in [1.165, 1.54) is 18.2 Å². The number of aryl methyl sites for hydroxylation is 1. The highest BCUT2D eigenvalue weighted by molar-refractivity contribution is 5.80. The second kappa shape index (κ2) is 5.40. The molecule has 2 aromatic carbocycles. The highest BCUT2D eigenvalue weighted by Crippen LogP contribution is 2.20. The maximum Gasteiger partial charge on any atom is 0.336 e. The number of rotatable bonds is 3. The van der Waals surface area contributed by atoms with Crippen LogP contribution in [0.5, 0.6) is 5.75 Å². The van der Waals surface area contributed by atoms with Crippen LogP contribution in [0.4, 0.5) is 4.39 Å². The third-order valence-corrected chi connectivity index (χ3v) is 3.19. The fourth-order valence-corrected chi connectivity index (χ4v) is 2.15. The Labute approximate surface area is 120 Å². The topological polar surface area (TPSA) is 39.4 Å². The molecule has 21 heavy (non-hydrogen) atoms. The molecule has 0 saturated carbocycles. The molecule has 0 aliphatic rings. The van der Waals surface area contributed by atoms with Crippen LogP contribution in [0.1, 0.15) is 11.1 Å². The summed E-state index contributed by atoms with van der Waals surface area (Å²) in [5.74, 6) is 0.230. The van der Waals surface area contributed by atoms with Gasteiger partial charge in [0.15, 0.2) is 0 Å². The molecule has 3 nitrogen and oxygen atoms in total. The Kier molecular flexibility index (Phi) is 3.44. The van der Waals surface area contributed by atoms with Crippen molar-refractivity contribution in [3.63, 3.8) is 0 Å². The summed E-state index contributed by atoms with van der Waals surface area (Å²) in [7, 11) is 0. The molecular formula is C17H13FO3. The zero-order chi connectivity index (χ0) is 14.8. The van der Waals surface area contributed by atoms with Gasteiger partial charge < -0.3 is 9.15 Å². The molecule has 0 fully saturated rings.